The van der Waals surface area contributed by atoms with Crippen LogP contribution in [-0.2, 0) is 10.0 Å². The predicted molar refractivity (Wildman–Crippen MR) is 86.3 cm³/mol. The van der Waals surface area contributed by atoms with Gasteiger partial charge in [-0.3, -0.25) is 0 Å². The average Bonchev–Trinajstić information content (AvgIpc) is 2.46. The molecule has 0 aliphatic heterocycles. The van der Waals surface area contributed by atoms with Gasteiger partial charge in [0.15, 0.2) is 0 Å². The molecule has 0 bridgehead atoms. The second-order valence-electron chi connectivity index (χ2n) is 4.13. The number of para-hydroxylation sites is 1. The molecule has 0 heterocycles. The highest BCUT2D eigenvalue weighted by Crippen LogP contribution is 2.23. The van der Waals surface area contributed by atoms with E-state index in [2.05, 4.69) is 20.7 Å². The highest BCUT2D eigenvalue weighted by atomic mass is 79.9. The second kappa shape index (κ2) is 7.26. The third-order valence-electron chi connectivity index (χ3n) is 2.61. The van der Waals surface area contributed by atoms with Gasteiger partial charge < -0.3 is 4.74 Å². The van der Waals surface area contributed by atoms with E-state index < -0.39 is 10.0 Å². The number of sulfonamides is 1. The molecule has 21 heavy (non-hydrogen) atoms. The summed E-state index contributed by atoms with van der Waals surface area (Å²) in [6.07, 6.45) is 0. The van der Waals surface area contributed by atoms with E-state index in [-0.39, 0.29) is 18.0 Å². The van der Waals surface area contributed by atoms with Crippen LogP contribution in [0.25, 0.3) is 0 Å². The summed E-state index contributed by atoms with van der Waals surface area (Å²) < 4.78 is 32.8. The van der Waals surface area contributed by atoms with E-state index in [4.69, 9.17) is 16.3 Å². The van der Waals surface area contributed by atoms with Crippen LogP contribution in [0.2, 0.25) is 5.02 Å². The molecule has 0 aromatic heterocycles. The fraction of sp³-hybridized carbons (Fsp3) is 0.143. The van der Waals surface area contributed by atoms with Crippen molar-refractivity contribution in [1.29, 1.82) is 0 Å². The van der Waals surface area contributed by atoms with E-state index in [1.165, 1.54) is 24.3 Å². The van der Waals surface area contributed by atoms with Crippen molar-refractivity contribution in [3.8, 4) is 5.75 Å². The molecule has 0 amide bonds. The van der Waals surface area contributed by atoms with E-state index in [9.17, 15) is 8.42 Å². The van der Waals surface area contributed by atoms with E-state index in [0.717, 1.165) is 4.47 Å². The molecule has 0 radical (unpaired) electrons. The van der Waals surface area contributed by atoms with Crippen molar-refractivity contribution in [3.63, 3.8) is 0 Å². The Morgan fingerprint density at radius 2 is 1.76 bits per heavy atom. The maximum Gasteiger partial charge on any atom is 0.240 e. The molecule has 0 spiro atoms. The molecule has 0 saturated heterocycles. The van der Waals surface area contributed by atoms with Gasteiger partial charge in [-0.25, -0.2) is 13.1 Å². The van der Waals surface area contributed by atoms with Gasteiger partial charge in [-0.15, -0.1) is 0 Å². The molecule has 4 nitrogen and oxygen atoms in total. The summed E-state index contributed by atoms with van der Waals surface area (Å²) in [6, 6.07) is 13.4. The Morgan fingerprint density at radius 3 is 2.43 bits per heavy atom. The summed E-state index contributed by atoms with van der Waals surface area (Å²) in [4.78, 5) is 0.174. The molecule has 2 aromatic rings. The Hall–Kier alpha value is -1.08. The molecule has 0 aliphatic carbocycles. The summed E-state index contributed by atoms with van der Waals surface area (Å²) in [5.41, 5.74) is 0. The zero-order valence-electron chi connectivity index (χ0n) is 10.9. The van der Waals surface area contributed by atoms with Crippen LogP contribution in [0.5, 0.6) is 5.75 Å². The maximum absolute atomic E-state index is 12.0. The van der Waals surface area contributed by atoms with Crippen LogP contribution in [-0.4, -0.2) is 21.6 Å². The van der Waals surface area contributed by atoms with Crippen molar-refractivity contribution >= 4 is 37.6 Å². The fourth-order valence-electron chi connectivity index (χ4n) is 1.60. The molecule has 7 heteroatoms. The van der Waals surface area contributed by atoms with Crippen LogP contribution in [0.1, 0.15) is 0 Å². The molecule has 0 aliphatic rings. The van der Waals surface area contributed by atoms with Gasteiger partial charge in [-0.2, -0.15) is 0 Å². The molecule has 1 N–H and O–H groups in total. The van der Waals surface area contributed by atoms with Crippen molar-refractivity contribution in [2.75, 3.05) is 13.2 Å². The van der Waals surface area contributed by atoms with E-state index in [1.54, 1.807) is 6.07 Å². The van der Waals surface area contributed by atoms with Crippen molar-refractivity contribution in [2.24, 2.45) is 0 Å². The largest absolute Gasteiger partial charge is 0.491 e. The molecule has 0 atom stereocenters. The van der Waals surface area contributed by atoms with Gasteiger partial charge >= 0.3 is 0 Å². The topological polar surface area (TPSA) is 55.4 Å². The Labute approximate surface area is 137 Å². The molecular weight excluding hydrogens is 378 g/mol. The molecular formula is C14H13BrClNO3S. The molecule has 2 rings (SSSR count). The van der Waals surface area contributed by atoms with Crippen LogP contribution in [0.3, 0.4) is 0 Å². The Balaban J connectivity index is 1.88. The highest BCUT2D eigenvalue weighted by Gasteiger charge is 2.13. The van der Waals surface area contributed by atoms with Crippen molar-refractivity contribution < 1.29 is 13.2 Å². The first-order chi connectivity index (χ1) is 9.99. The quantitative estimate of drug-likeness (QED) is 0.769. The Kier molecular flexibility index (Phi) is 5.64. The van der Waals surface area contributed by atoms with Crippen molar-refractivity contribution in [2.45, 2.75) is 4.90 Å². The molecule has 0 fully saturated rings. The summed E-state index contributed by atoms with van der Waals surface area (Å²) in [5.74, 6) is 0.670. The third-order valence-corrected chi connectivity index (χ3v) is 5.00. The number of rotatable bonds is 6. The first kappa shape index (κ1) is 16.3. The zero-order valence-corrected chi connectivity index (χ0v) is 14.1. The minimum absolute atomic E-state index is 0.173. The lowest BCUT2D eigenvalue weighted by atomic mass is 10.3. The number of benzene rings is 2. The molecule has 2 aromatic carbocycles. The number of hydrogen-bond donors (Lipinski definition) is 1. The summed E-state index contributed by atoms with van der Waals surface area (Å²) >= 11 is 9.09. The average molecular weight is 391 g/mol. The minimum Gasteiger partial charge on any atom is -0.491 e. The van der Waals surface area contributed by atoms with Crippen LogP contribution >= 0.6 is 27.5 Å². The van der Waals surface area contributed by atoms with Gasteiger partial charge in [-0.05, 0) is 52.3 Å². The summed E-state index contributed by atoms with van der Waals surface area (Å²) in [6.45, 7) is 0.404. The highest BCUT2D eigenvalue weighted by molar-refractivity contribution is 9.10. The third kappa shape index (κ3) is 4.71. The number of ether oxygens (including phenoxy) is 1. The lowest BCUT2D eigenvalue weighted by Gasteiger charge is -2.09. The normalized spacial score (nSPS) is 11.3. The van der Waals surface area contributed by atoms with Crippen molar-refractivity contribution in [1.82, 2.24) is 4.72 Å². The minimum atomic E-state index is -3.54. The van der Waals surface area contributed by atoms with Gasteiger partial charge in [-0.1, -0.05) is 23.7 Å². The van der Waals surface area contributed by atoms with Crippen LogP contribution in [0.4, 0.5) is 0 Å². The van der Waals surface area contributed by atoms with Gasteiger partial charge in [0.2, 0.25) is 10.0 Å². The van der Waals surface area contributed by atoms with Crippen LogP contribution in [0.15, 0.2) is 57.9 Å². The number of nitrogens with one attached hydrogen (secondary N) is 1. The molecule has 112 valence electrons. The fourth-order valence-corrected chi connectivity index (χ4v) is 3.13. The van der Waals surface area contributed by atoms with Crippen LogP contribution in [0, 0.1) is 0 Å². The van der Waals surface area contributed by atoms with Crippen molar-refractivity contribution in [3.05, 3.63) is 58.0 Å². The van der Waals surface area contributed by atoms with E-state index in [0.29, 0.717) is 10.8 Å². The monoisotopic (exact) mass is 389 g/mol. The smallest absolute Gasteiger partial charge is 0.240 e. The summed E-state index contributed by atoms with van der Waals surface area (Å²) in [7, 11) is -3.54. The van der Waals surface area contributed by atoms with Gasteiger partial charge in [0.05, 0.1) is 9.37 Å². The molecule has 0 unspecified atom stereocenters. The van der Waals surface area contributed by atoms with Gasteiger partial charge in [0.25, 0.3) is 0 Å². The Morgan fingerprint density at radius 1 is 1.10 bits per heavy atom. The first-order valence-electron chi connectivity index (χ1n) is 6.11. The van der Waals surface area contributed by atoms with E-state index in [1.807, 2.05) is 18.2 Å². The second-order valence-corrected chi connectivity index (χ2v) is 7.19. The lowest BCUT2D eigenvalue weighted by Crippen LogP contribution is -2.28. The van der Waals surface area contributed by atoms with Crippen LogP contribution < -0.4 is 9.46 Å². The predicted octanol–water partition coefficient (Wildman–Crippen LogP) is 3.46. The first-order valence-corrected chi connectivity index (χ1v) is 8.77. The Bertz CT molecular complexity index is 704. The van der Waals surface area contributed by atoms with E-state index >= 15 is 0 Å². The molecule has 0 saturated carbocycles. The number of halogens is 2. The lowest BCUT2D eigenvalue weighted by molar-refractivity contribution is 0.321. The SMILES string of the molecule is O=S(=O)(NCCOc1ccccc1Br)c1ccc(Cl)cc1. The number of hydrogen-bond acceptors (Lipinski definition) is 3. The standard InChI is InChI=1S/C14H13BrClNO3S/c15-13-3-1-2-4-14(13)20-10-9-17-21(18,19)12-7-5-11(16)6-8-12/h1-8,17H,9-10H2. The maximum atomic E-state index is 12.0. The zero-order chi connectivity index (χ0) is 15.3. The summed E-state index contributed by atoms with van der Waals surface area (Å²) in [5, 5.41) is 0.492. The van der Waals surface area contributed by atoms with Gasteiger partial charge in [0, 0.05) is 11.6 Å². The van der Waals surface area contributed by atoms with Gasteiger partial charge in [0.1, 0.15) is 12.4 Å².